The number of hydrogen-bond acceptors (Lipinski definition) is 2. The van der Waals surface area contributed by atoms with Crippen molar-refractivity contribution in [3.8, 4) is 0 Å². The fourth-order valence-corrected chi connectivity index (χ4v) is 1.93. The highest BCUT2D eigenvalue weighted by atomic mass is 79.9. The summed E-state index contributed by atoms with van der Waals surface area (Å²) in [5, 5.41) is 13.8. The first kappa shape index (κ1) is 16.5. The molecule has 0 spiro atoms. The van der Waals surface area contributed by atoms with Gasteiger partial charge in [-0.25, -0.2) is 4.79 Å². The molecule has 0 heterocycles. The summed E-state index contributed by atoms with van der Waals surface area (Å²) in [5.74, 6) is -0.923. The lowest BCUT2D eigenvalue weighted by Crippen LogP contribution is -2.41. The number of hydrogen-bond donors (Lipinski definition) is 3. The van der Waals surface area contributed by atoms with Gasteiger partial charge >= 0.3 is 12.0 Å². The number of aliphatic carboxylic acids is 1. The lowest BCUT2D eigenvalue weighted by atomic mass is 10.1. The minimum absolute atomic E-state index is 0.0310. The Labute approximate surface area is 126 Å². The van der Waals surface area contributed by atoms with Crippen molar-refractivity contribution in [1.29, 1.82) is 0 Å². The van der Waals surface area contributed by atoms with Gasteiger partial charge in [-0.1, -0.05) is 28.1 Å². The summed E-state index contributed by atoms with van der Waals surface area (Å²) in [6.07, 6.45) is 1.64. The van der Waals surface area contributed by atoms with Crippen molar-refractivity contribution in [3.05, 3.63) is 34.3 Å². The van der Waals surface area contributed by atoms with E-state index >= 15 is 0 Å². The summed E-state index contributed by atoms with van der Waals surface area (Å²) in [6, 6.07) is 7.78. The van der Waals surface area contributed by atoms with Crippen LogP contribution in [0.25, 0.3) is 0 Å². The SMILES string of the molecule is CC(CCc1ccc(Br)cc1)NC(=O)NCCC(=O)O. The highest BCUT2D eigenvalue weighted by Gasteiger charge is 2.07. The lowest BCUT2D eigenvalue weighted by molar-refractivity contribution is -0.136. The van der Waals surface area contributed by atoms with Crippen LogP contribution in [0.3, 0.4) is 0 Å². The number of benzene rings is 1. The first-order valence-corrected chi connectivity index (χ1v) is 7.27. The van der Waals surface area contributed by atoms with Crippen LogP contribution in [0.1, 0.15) is 25.3 Å². The molecular weight excluding hydrogens is 324 g/mol. The van der Waals surface area contributed by atoms with Crippen molar-refractivity contribution in [3.63, 3.8) is 0 Å². The highest BCUT2D eigenvalue weighted by molar-refractivity contribution is 9.10. The second-order valence-corrected chi connectivity index (χ2v) is 5.53. The summed E-state index contributed by atoms with van der Waals surface area (Å²) in [5.41, 5.74) is 1.22. The Hall–Kier alpha value is -1.56. The average Bonchev–Trinajstić information content (AvgIpc) is 2.37. The van der Waals surface area contributed by atoms with Gasteiger partial charge in [0, 0.05) is 17.1 Å². The Morgan fingerprint density at radius 3 is 2.55 bits per heavy atom. The lowest BCUT2D eigenvalue weighted by Gasteiger charge is -2.14. The number of halogens is 1. The van der Waals surface area contributed by atoms with Gasteiger partial charge in [0.25, 0.3) is 0 Å². The maximum Gasteiger partial charge on any atom is 0.315 e. The van der Waals surface area contributed by atoms with E-state index in [4.69, 9.17) is 5.11 Å². The number of carbonyl (C=O) groups is 2. The number of carbonyl (C=O) groups excluding carboxylic acids is 1. The third-order valence-corrected chi connectivity index (χ3v) is 3.31. The summed E-state index contributed by atoms with van der Waals surface area (Å²) in [6.45, 7) is 2.07. The summed E-state index contributed by atoms with van der Waals surface area (Å²) < 4.78 is 1.05. The maximum absolute atomic E-state index is 11.5. The number of nitrogens with one attached hydrogen (secondary N) is 2. The summed E-state index contributed by atoms with van der Waals surface area (Å²) in [7, 11) is 0. The number of aryl methyl sites for hydroxylation is 1. The van der Waals surface area contributed by atoms with Crippen LogP contribution in [-0.2, 0) is 11.2 Å². The van der Waals surface area contributed by atoms with Crippen molar-refractivity contribution in [1.82, 2.24) is 10.6 Å². The fraction of sp³-hybridized carbons (Fsp3) is 0.429. The van der Waals surface area contributed by atoms with Gasteiger partial charge in [-0.3, -0.25) is 4.79 Å². The van der Waals surface area contributed by atoms with E-state index in [0.717, 1.165) is 17.3 Å². The first-order chi connectivity index (χ1) is 9.47. The van der Waals surface area contributed by atoms with Crippen LogP contribution in [0.4, 0.5) is 4.79 Å². The van der Waals surface area contributed by atoms with Crippen molar-refractivity contribution < 1.29 is 14.7 Å². The quantitative estimate of drug-likeness (QED) is 0.712. The van der Waals surface area contributed by atoms with E-state index in [1.54, 1.807) is 0 Å². The van der Waals surface area contributed by atoms with E-state index in [1.165, 1.54) is 5.56 Å². The second-order valence-electron chi connectivity index (χ2n) is 4.61. The summed E-state index contributed by atoms with van der Waals surface area (Å²) in [4.78, 5) is 21.8. The molecule has 0 aromatic heterocycles. The van der Waals surface area contributed by atoms with Crippen molar-refractivity contribution in [2.24, 2.45) is 0 Å². The first-order valence-electron chi connectivity index (χ1n) is 6.48. The molecule has 0 saturated heterocycles. The van der Waals surface area contributed by atoms with E-state index in [0.29, 0.717) is 0 Å². The largest absolute Gasteiger partial charge is 0.481 e. The van der Waals surface area contributed by atoms with Crippen molar-refractivity contribution in [2.45, 2.75) is 32.2 Å². The zero-order valence-corrected chi connectivity index (χ0v) is 12.9. The molecule has 1 aromatic carbocycles. The molecule has 2 amide bonds. The molecule has 3 N–H and O–H groups in total. The van der Waals surface area contributed by atoms with Gasteiger partial charge in [-0.05, 0) is 37.5 Å². The van der Waals surface area contributed by atoms with Gasteiger partial charge < -0.3 is 15.7 Å². The standard InChI is InChI=1S/C14H19BrN2O3/c1-10(17-14(20)16-9-8-13(18)19)2-3-11-4-6-12(15)7-5-11/h4-7,10H,2-3,8-9H2,1H3,(H,18,19)(H2,16,17,20). The molecule has 0 aliphatic rings. The molecule has 0 aliphatic heterocycles. The third kappa shape index (κ3) is 7.13. The molecule has 0 bridgehead atoms. The van der Waals surface area contributed by atoms with E-state index in [9.17, 15) is 9.59 Å². The zero-order valence-electron chi connectivity index (χ0n) is 11.4. The molecule has 5 nitrogen and oxygen atoms in total. The van der Waals surface area contributed by atoms with Gasteiger partial charge in [-0.2, -0.15) is 0 Å². The molecule has 0 aliphatic carbocycles. The molecule has 110 valence electrons. The topological polar surface area (TPSA) is 78.4 Å². The molecular formula is C14H19BrN2O3. The Bertz CT molecular complexity index is 448. The van der Waals surface area contributed by atoms with Gasteiger partial charge in [-0.15, -0.1) is 0 Å². The van der Waals surface area contributed by atoms with Crippen LogP contribution in [0.2, 0.25) is 0 Å². The Balaban J connectivity index is 2.22. The van der Waals surface area contributed by atoms with Crippen LogP contribution in [0.15, 0.2) is 28.7 Å². The van der Waals surface area contributed by atoms with Crippen molar-refractivity contribution in [2.75, 3.05) is 6.54 Å². The predicted molar refractivity (Wildman–Crippen MR) is 80.7 cm³/mol. The van der Waals surface area contributed by atoms with E-state index in [-0.39, 0.29) is 25.0 Å². The number of rotatable bonds is 7. The maximum atomic E-state index is 11.5. The van der Waals surface area contributed by atoms with E-state index in [1.807, 2.05) is 31.2 Å². The van der Waals surface area contributed by atoms with E-state index < -0.39 is 5.97 Å². The molecule has 6 heteroatoms. The monoisotopic (exact) mass is 342 g/mol. The number of amides is 2. The minimum atomic E-state index is -0.923. The molecule has 1 atom stereocenters. The summed E-state index contributed by atoms with van der Waals surface area (Å²) >= 11 is 3.39. The Morgan fingerprint density at radius 1 is 1.30 bits per heavy atom. The van der Waals surface area contributed by atoms with Crippen molar-refractivity contribution >= 4 is 27.9 Å². The van der Waals surface area contributed by atoms with Crippen LogP contribution >= 0.6 is 15.9 Å². The minimum Gasteiger partial charge on any atom is -0.481 e. The highest BCUT2D eigenvalue weighted by Crippen LogP contribution is 2.12. The second kappa shape index (κ2) is 8.58. The predicted octanol–water partition coefficient (Wildman–Crippen LogP) is 2.54. The van der Waals surface area contributed by atoms with Crippen LogP contribution in [-0.4, -0.2) is 29.7 Å². The molecule has 20 heavy (non-hydrogen) atoms. The molecule has 1 aromatic rings. The van der Waals surface area contributed by atoms with Crippen LogP contribution in [0.5, 0.6) is 0 Å². The van der Waals surface area contributed by atoms with Crippen LogP contribution in [0, 0.1) is 0 Å². The van der Waals surface area contributed by atoms with Gasteiger partial charge in [0.2, 0.25) is 0 Å². The normalized spacial score (nSPS) is 11.7. The average molecular weight is 343 g/mol. The number of urea groups is 1. The van der Waals surface area contributed by atoms with Crippen LogP contribution < -0.4 is 10.6 Å². The van der Waals surface area contributed by atoms with Gasteiger partial charge in [0.1, 0.15) is 0 Å². The molecule has 0 radical (unpaired) electrons. The molecule has 0 saturated carbocycles. The van der Waals surface area contributed by atoms with Gasteiger partial charge in [0.15, 0.2) is 0 Å². The molecule has 0 fully saturated rings. The Kier molecular flexibility index (Phi) is 7.08. The number of carboxylic acids is 1. The van der Waals surface area contributed by atoms with Gasteiger partial charge in [0.05, 0.1) is 6.42 Å². The molecule has 1 rings (SSSR count). The number of carboxylic acid groups (broad SMARTS) is 1. The Morgan fingerprint density at radius 2 is 1.95 bits per heavy atom. The smallest absolute Gasteiger partial charge is 0.315 e. The zero-order chi connectivity index (χ0) is 15.0. The fourth-order valence-electron chi connectivity index (χ4n) is 1.66. The van der Waals surface area contributed by atoms with E-state index in [2.05, 4.69) is 26.6 Å². The third-order valence-electron chi connectivity index (χ3n) is 2.78. The molecule has 1 unspecified atom stereocenters.